The first-order chi connectivity index (χ1) is 8.97. The lowest BCUT2D eigenvalue weighted by Crippen LogP contribution is -2.27. The summed E-state index contributed by atoms with van der Waals surface area (Å²) in [5.74, 6) is 0.821. The van der Waals surface area contributed by atoms with Gasteiger partial charge in [0.25, 0.3) is 0 Å². The van der Waals surface area contributed by atoms with E-state index in [9.17, 15) is 13.2 Å². The number of rotatable bonds is 3. The van der Waals surface area contributed by atoms with Crippen molar-refractivity contribution in [2.24, 2.45) is 5.92 Å². The number of pyridine rings is 1. The molecular weight excluding hydrogens is 277 g/mol. The molecule has 6 heteroatoms. The van der Waals surface area contributed by atoms with Gasteiger partial charge in [-0.15, -0.1) is 11.6 Å². The van der Waals surface area contributed by atoms with Crippen molar-refractivity contribution in [3.8, 4) is 0 Å². The Kier molecular flexibility index (Phi) is 4.55. The van der Waals surface area contributed by atoms with Gasteiger partial charge in [0.1, 0.15) is 5.82 Å². The minimum absolute atomic E-state index is 0.149. The summed E-state index contributed by atoms with van der Waals surface area (Å²) < 4.78 is 37.1. The van der Waals surface area contributed by atoms with Crippen LogP contribution in [0.25, 0.3) is 0 Å². The molecule has 19 heavy (non-hydrogen) atoms. The van der Waals surface area contributed by atoms with E-state index >= 15 is 0 Å². The van der Waals surface area contributed by atoms with Crippen LogP contribution in [0.15, 0.2) is 18.3 Å². The van der Waals surface area contributed by atoms with Crippen LogP contribution < -0.4 is 5.32 Å². The Balaban J connectivity index is 1.89. The molecule has 1 saturated carbocycles. The van der Waals surface area contributed by atoms with Crippen molar-refractivity contribution in [2.45, 2.75) is 37.2 Å². The van der Waals surface area contributed by atoms with E-state index in [0.29, 0.717) is 18.3 Å². The zero-order chi connectivity index (χ0) is 13.9. The summed E-state index contributed by atoms with van der Waals surface area (Å²) in [6, 6.07) is 2.39. The number of anilines is 1. The second kappa shape index (κ2) is 5.99. The summed E-state index contributed by atoms with van der Waals surface area (Å²) in [5.41, 5.74) is -0.731. The number of hydrogen-bond acceptors (Lipinski definition) is 2. The summed E-state index contributed by atoms with van der Waals surface area (Å²) in [6.07, 6.45) is 0.896. The van der Waals surface area contributed by atoms with Crippen molar-refractivity contribution < 1.29 is 13.2 Å². The van der Waals surface area contributed by atoms with E-state index in [1.807, 2.05) is 0 Å². The molecule has 0 bridgehead atoms. The standard InChI is InChI=1S/C13H16ClF3N2/c14-11-4-2-1-3-9(11)7-18-12-6-5-10(8-19-12)13(15,16)17/h5-6,8-9,11H,1-4,7H2,(H,18,19). The highest BCUT2D eigenvalue weighted by molar-refractivity contribution is 6.20. The third-order valence-corrected chi connectivity index (χ3v) is 4.03. The fourth-order valence-corrected chi connectivity index (χ4v) is 2.66. The molecule has 2 atom stereocenters. The van der Waals surface area contributed by atoms with E-state index < -0.39 is 11.7 Å². The predicted molar refractivity (Wildman–Crippen MR) is 69.3 cm³/mol. The monoisotopic (exact) mass is 292 g/mol. The second-order valence-corrected chi connectivity index (χ2v) is 5.43. The number of halogens is 4. The normalized spacial score (nSPS) is 24.2. The van der Waals surface area contributed by atoms with Crippen molar-refractivity contribution in [3.63, 3.8) is 0 Å². The van der Waals surface area contributed by atoms with E-state index in [1.54, 1.807) is 0 Å². The third kappa shape index (κ3) is 4.00. The number of aromatic nitrogens is 1. The molecule has 2 nitrogen and oxygen atoms in total. The average Bonchev–Trinajstić information content (AvgIpc) is 2.37. The smallest absolute Gasteiger partial charge is 0.370 e. The topological polar surface area (TPSA) is 24.9 Å². The molecular formula is C13H16ClF3N2. The predicted octanol–water partition coefficient (Wildman–Crippen LogP) is 4.31. The molecule has 1 aromatic rings. The molecule has 0 radical (unpaired) electrons. The molecule has 2 unspecified atom stereocenters. The van der Waals surface area contributed by atoms with Gasteiger partial charge in [-0.2, -0.15) is 13.2 Å². The van der Waals surface area contributed by atoms with Gasteiger partial charge < -0.3 is 5.32 Å². The van der Waals surface area contributed by atoms with Gasteiger partial charge >= 0.3 is 6.18 Å². The summed E-state index contributed by atoms with van der Waals surface area (Å²) in [4.78, 5) is 3.78. The highest BCUT2D eigenvalue weighted by atomic mass is 35.5. The second-order valence-electron chi connectivity index (χ2n) is 4.87. The van der Waals surface area contributed by atoms with E-state index in [1.165, 1.54) is 6.07 Å². The van der Waals surface area contributed by atoms with Crippen LogP contribution in [0.2, 0.25) is 0 Å². The number of alkyl halides is 4. The molecule has 1 N–H and O–H groups in total. The van der Waals surface area contributed by atoms with Gasteiger partial charge in [0.05, 0.1) is 5.56 Å². The van der Waals surface area contributed by atoms with Gasteiger partial charge in [0, 0.05) is 18.1 Å². The molecule has 1 heterocycles. The molecule has 0 amide bonds. The molecule has 106 valence electrons. The maximum absolute atomic E-state index is 12.4. The van der Waals surface area contributed by atoms with Gasteiger partial charge in [-0.05, 0) is 30.9 Å². The Hall–Kier alpha value is -0.970. The van der Waals surface area contributed by atoms with Crippen LogP contribution in [0.4, 0.5) is 19.0 Å². The first-order valence-electron chi connectivity index (χ1n) is 6.38. The Bertz CT molecular complexity index is 405. The van der Waals surface area contributed by atoms with Crippen LogP contribution >= 0.6 is 11.6 Å². The van der Waals surface area contributed by atoms with Crippen LogP contribution in [0.1, 0.15) is 31.2 Å². The van der Waals surface area contributed by atoms with Gasteiger partial charge in [0.15, 0.2) is 0 Å². The van der Waals surface area contributed by atoms with Crippen LogP contribution in [0.3, 0.4) is 0 Å². The van der Waals surface area contributed by atoms with Crippen molar-refractivity contribution in [3.05, 3.63) is 23.9 Å². The molecule has 0 aliphatic heterocycles. The lowest BCUT2D eigenvalue weighted by molar-refractivity contribution is -0.137. The summed E-state index contributed by atoms with van der Waals surface area (Å²) in [6.45, 7) is 0.659. The molecule has 1 fully saturated rings. The first kappa shape index (κ1) is 14.4. The minimum Gasteiger partial charge on any atom is -0.370 e. The Morgan fingerprint density at radius 1 is 1.26 bits per heavy atom. The van der Waals surface area contributed by atoms with E-state index in [0.717, 1.165) is 37.9 Å². The zero-order valence-electron chi connectivity index (χ0n) is 10.4. The summed E-state index contributed by atoms with van der Waals surface area (Å²) in [7, 11) is 0. The quantitative estimate of drug-likeness (QED) is 0.840. The average molecular weight is 293 g/mol. The highest BCUT2D eigenvalue weighted by Gasteiger charge is 2.30. The molecule has 0 saturated heterocycles. The van der Waals surface area contributed by atoms with Crippen LogP contribution in [-0.4, -0.2) is 16.9 Å². The fourth-order valence-electron chi connectivity index (χ4n) is 2.29. The Morgan fingerprint density at radius 3 is 2.58 bits per heavy atom. The number of nitrogens with zero attached hydrogens (tertiary/aromatic N) is 1. The Labute approximate surface area is 115 Å². The maximum atomic E-state index is 12.4. The van der Waals surface area contributed by atoms with Crippen LogP contribution in [-0.2, 0) is 6.18 Å². The molecule has 1 aliphatic carbocycles. The summed E-state index contributed by atoms with van der Waals surface area (Å²) in [5, 5.41) is 3.21. The molecule has 1 aliphatic rings. The van der Waals surface area contributed by atoms with Gasteiger partial charge in [-0.1, -0.05) is 12.8 Å². The maximum Gasteiger partial charge on any atom is 0.417 e. The van der Waals surface area contributed by atoms with E-state index in [2.05, 4.69) is 10.3 Å². The van der Waals surface area contributed by atoms with Crippen LogP contribution in [0.5, 0.6) is 0 Å². The van der Waals surface area contributed by atoms with Crippen molar-refractivity contribution in [1.29, 1.82) is 0 Å². The zero-order valence-corrected chi connectivity index (χ0v) is 11.1. The molecule has 0 spiro atoms. The SMILES string of the molecule is FC(F)(F)c1ccc(NCC2CCCCC2Cl)nc1. The third-order valence-electron chi connectivity index (χ3n) is 3.45. The Morgan fingerprint density at radius 2 is 2.00 bits per heavy atom. The lowest BCUT2D eigenvalue weighted by atomic mass is 9.89. The number of nitrogens with one attached hydrogen (secondary N) is 1. The summed E-state index contributed by atoms with van der Waals surface area (Å²) >= 11 is 6.22. The van der Waals surface area contributed by atoms with Gasteiger partial charge in [-0.3, -0.25) is 0 Å². The first-order valence-corrected chi connectivity index (χ1v) is 6.81. The number of hydrogen-bond donors (Lipinski definition) is 1. The van der Waals surface area contributed by atoms with Gasteiger partial charge in [-0.25, -0.2) is 4.98 Å². The molecule has 1 aromatic heterocycles. The van der Waals surface area contributed by atoms with E-state index in [4.69, 9.17) is 11.6 Å². The fraction of sp³-hybridized carbons (Fsp3) is 0.615. The van der Waals surface area contributed by atoms with Crippen molar-refractivity contribution in [2.75, 3.05) is 11.9 Å². The lowest BCUT2D eigenvalue weighted by Gasteiger charge is -2.27. The molecule has 2 rings (SSSR count). The van der Waals surface area contributed by atoms with Crippen molar-refractivity contribution in [1.82, 2.24) is 4.98 Å². The van der Waals surface area contributed by atoms with Crippen LogP contribution in [0, 0.1) is 5.92 Å². The minimum atomic E-state index is -4.34. The largest absolute Gasteiger partial charge is 0.417 e. The molecule has 0 aromatic carbocycles. The highest BCUT2D eigenvalue weighted by Crippen LogP contribution is 2.30. The van der Waals surface area contributed by atoms with Crippen molar-refractivity contribution >= 4 is 17.4 Å². The van der Waals surface area contributed by atoms with E-state index in [-0.39, 0.29) is 5.38 Å². The van der Waals surface area contributed by atoms with Gasteiger partial charge in [0.2, 0.25) is 0 Å².